The Labute approximate surface area is 112 Å². The normalized spacial score (nSPS) is 12.8. The predicted octanol–water partition coefficient (Wildman–Crippen LogP) is 1.17. The molecule has 102 valence electrons. The van der Waals surface area contributed by atoms with Crippen molar-refractivity contribution in [3.63, 3.8) is 0 Å². The van der Waals surface area contributed by atoms with E-state index in [4.69, 9.17) is 0 Å². The number of carbonyl (C=O) groups excluding carboxylic acids is 1. The smallest absolute Gasteiger partial charge is 0.240 e. The van der Waals surface area contributed by atoms with Gasteiger partial charge in [0, 0.05) is 0 Å². The van der Waals surface area contributed by atoms with Gasteiger partial charge in [-0.1, -0.05) is 26.0 Å². The molecule has 0 aliphatic rings. The maximum Gasteiger partial charge on any atom is 0.240 e. The van der Waals surface area contributed by atoms with E-state index in [1.807, 2.05) is 38.1 Å². The van der Waals surface area contributed by atoms with Crippen LogP contribution in [0, 0.1) is 5.92 Å². The van der Waals surface area contributed by atoms with Gasteiger partial charge in [0.05, 0.1) is 30.0 Å². The molecule has 2 aromatic rings. The standard InChI is InChI=1S/C14H19N3O2/c1-10(2)12(8-18)16-14(19)7-17-9-15-11-5-3-4-6-13(11)17/h3-6,9-10,12,18H,7-8H2,1-2H3,(H,16,19)/t12-/m1/s1. The zero-order valence-electron chi connectivity index (χ0n) is 11.2. The average Bonchev–Trinajstić information content (AvgIpc) is 2.79. The summed E-state index contributed by atoms with van der Waals surface area (Å²) < 4.78 is 1.80. The van der Waals surface area contributed by atoms with Gasteiger partial charge in [0.2, 0.25) is 5.91 Å². The minimum Gasteiger partial charge on any atom is -0.394 e. The lowest BCUT2D eigenvalue weighted by atomic mass is 10.1. The number of aliphatic hydroxyl groups excluding tert-OH is 1. The number of carbonyl (C=O) groups is 1. The number of para-hydroxylation sites is 2. The van der Waals surface area contributed by atoms with Crippen LogP contribution in [0.2, 0.25) is 0 Å². The Morgan fingerprint density at radius 1 is 1.42 bits per heavy atom. The lowest BCUT2D eigenvalue weighted by molar-refractivity contribution is -0.123. The number of aliphatic hydroxyl groups is 1. The first-order valence-corrected chi connectivity index (χ1v) is 6.42. The SMILES string of the molecule is CC(C)[C@@H](CO)NC(=O)Cn1cnc2ccccc21. The van der Waals surface area contributed by atoms with Crippen LogP contribution in [0.15, 0.2) is 30.6 Å². The Kier molecular flexibility index (Phi) is 4.16. The van der Waals surface area contributed by atoms with Crippen molar-refractivity contribution in [2.24, 2.45) is 5.92 Å². The fourth-order valence-electron chi connectivity index (χ4n) is 1.97. The van der Waals surface area contributed by atoms with Crippen molar-refractivity contribution in [3.05, 3.63) is 30.6 Å². The molecular formula is C14H19N3O2. The molecule has 0 radical (unpaired) electrons. The number of amides is 1. The number of aromatic nitrogens is 2. The van der Waals surface area contributed by atoms with Crippen molar-refractivity contribution in [1.29, 1.82) is 0 Å². The second-order valence-corrected chi connectivity index (χ2v) is 4.96. The molecule has 1 heterocycles. The number of hydrogen-bond donors (Lipinski definition) is 2. The average molecular weight is 261 g/mol. The van der Waals surface area contributed by atoms with E-state index in [1.54, 1.807) is 10.9 Å². The molecule has 0 spiro atoms. The van der Waals surface area contributed by atoms with Gasteiger partial charge in [-0.3, -0.25) is 4.79 Å². The van der Waals surface area contributed by atoms with Gasteiger partial charge in [0.15, 0.2) is 0 Å². The van der Waals surface area contributed by atoms with Crippen molar-refractivity contribution in [2.45, 2.75) is 26.4 Å². The van der Waals surface area contributed by atoms with E-state index in [-0.39, 0.29) is 31.0 Å². The summed E-state index contributed by atoms with van der Waals surface area (Å²) in [6.07, 6.45) is 1.66. The second kappa shape index (κ2) is 5.84. The monoisotopic (exact) mass is 261 g/mol. The highest BCUT2D eigenvalue weighted by molar-refractivity contribution is 5.80. The zero-order valence-corrected chi connectivity index (χ0v) is 11.2. The predicted molar refractivity (Wildman–Crippen MR) is 73.6 cm³/mol. The first kappa shape index (κ1) is 13.5. The number of nitrogens with zero attached hydrogens (tertiary/aromatic N) is 2. The van der Waals surface area contributed by atoms with Crippen molar-refractivity contribution >= 4 is 16.9 Å². The van der Waals surface area contributed by atoms with E-state index in [1.165, 1.54) is 0 Å². The van der Waals surface area contributed by atoms with Gasteiger partial charge in [0.1, 0.15) is 6.54 Å². The molecule has 0 aliphatic carbocycles. The van der Waals surface area contributed by atoms with Crippen molar-refractivity contribution in [3.8, 4) is 0 Å². The highest BCUT2D eigenvalue weighted by Gasteiger charge is 2.15. The number of rotatable bonds is 5. The molecule has 0 fully saturated rings. The molecule has 1 aromatic heterocycles. The molecule has 1 atom stereocenters. The fourth-order valence-corrected chi connectivity index (χ4v) is 1.97. The lowest BCUT2D eigenvalue weighted by Gasteiger charge is -2.20. The first-order valence-electron chi connectivity index (χ1n) is 6.42. The molecule has 5 nitrogen and oxygen atoms in total. The van der Waals surface area contributed by atoms with Crippen LogP contribution in [0.1, 0.15) is 13.8 Å². The van der Waals surface area contributed by atoms with Crippen LogP contribution in [0.25, 0.3) is 11.0 Å². The molecule has 5 heteroatoms. The molecule has 1 amide bonds. The van der Waals surface area contributed by atoms with Crippen molar-refractivity contribution < 1.29 is 9.90 Å². The minimum atomic E-state index is -0.206. The molecule has 0 aliphatic heterocycles. The summed E-state index contributed by atoms with van der Waals surface area (Å²) >= 11 is 0. The maximum absolute atomic E-state index is 12.0. The molecule has 0 saturated heterocycles. The zero-order chi connectivity index (χ0) is 13.8. The van der Waals surface area contributed by atoms with E-state index in [9.17, 15) is 9.90 Å². The Morgan fingerprint density at radius 3 is 2.84 bits per heavy atom. The van der Waals surface area contributed by atoms with Gasteiger partial charge in [-0.25, -0.2) is 4.98 Å². The van der Waals surface area contributed by atoms with Crippen LogP contribution in [-0.4, -0.2) is 33.2 Å². The topological polar surface area (TPSA) is 67.2 Å². The van der Waals surface area contributed by atoms with Gasteiger partial charge >= 0.3 is 0 Å². The molecule has 2 N–H and O–H groups in total. The Balaban J connectivity index is 2.06. The molecule has 19 heavy (non-hydrogen) atoms. The Bertz CT molecular complexity index is 563. The summed E-state index contributed by atoms with van der Waals surface area (Å²) in [5.74, 6) is 0.0874. The number of fused-ring (bicyclic) bond motifs is 1. The van der Waals surface area contributed by atoms with E-state index in [2.05, 4.69) is 10.3 Å². The van der Waals surface area contributed by atoms with Crippen LogP contribution in [0.4, 0.5) is 0 Å². The number of imidazole rings is 1. The first-order chi connectivity index (χ1) is 9.11. The van der Waals surface area contributed by atoms with Gasteiger partial charge in [0.25, 0.3) is 0 Å². The number of benzene rings is 1. The fraction of sp³-hybridized carbons (Fsp3) is 0.429. The van der Waals surface area contributed by atoms with Crippen LogP contribution < -0.4 is 5.32 Å². The molecule has 0 unspecified atom stereocenters. The Morgan fingerprint density at radius 2 is 2.16 bits per heavy atom. The number of hydrogen-bond acceptors (Lipinski definition) is 3. The van der Waals surface area contributed by atoms with E-state index in [0.717, 1.165) is 11.0 Å². The van der Waals surface area contributed by atoms with E-state index < -0.39 is 0 Å². The van der Waals surface area contributed by atoms with Crippen LogP contribution in [0.5, 0.6) is 0 Å². The molecule has 2 rings (SSSR count). The largest absolute Gasteiger partial charge is 0.394 e. The summed E-state index contributed by atoms with van der Waals surface area (Å²) in [7, 11) is 0. The van der Waals surface area contributed by atoms with E-state index >= 15 is 0 Å². The maximum atomic E-state index is 12.0. The van der Waals surface area contributed by atoms with Gasteiger partial charge in [-0.15, -0.1) is 0 Å². The van der Waals surface area contributed by atoms with Crippen LogP contribution >= 0.6 is 0 Å². The lowest BCUT2D eigenvalue weighted by Crippen LogP contribution is -2.42. The second-order valence-electron chi connectivity index (χ2n) is 4.96. The van der Waals surface area contributed by atoms with Gasteiger partial charge in [-0.05, 0) is 18.1 Å². The van der Waals surface area contributed by atoms with E-state index in [0.29, 0.717) is 0 Å². The molecular weight excluding hydrogens is 242 g/mol. The summed E-state index contributed by atoms with van der Waals surface area (Å²) in [6.45, 7) is 4.10. The summed E-state index contributed by atoms with van der Waals surface area (Å²) in [6, 6.07) is 7.47. The highest BCUT2D eigenvalue weighted by Crippen LogP contribution is 2.11. The highest BCUT2D eigenvalue weighted by atomic mass is 16.3. The van der Waals surface area contributed by atoms with Gasteiger partial charge < -0.3 is 15.0 Å². The van der Waals surface area contributed by atoms with Crippen molar-refractivity contribution in [2.75, 3.05) is 6.61 Å². The third-order valence-corrected chi connectivity index (χ3v) is 3.19. The molecule has 0 bridgehead atoms. The van der Waals surface area contributed by atoms with Crippen molar-refractivity contribution in [1.82, 2.24) is 14.9 Å². The summed E-state index contributed by atoms with van der Waals surface area (Å²) in [5.41, 5.74) is 1.81. The summed E-state index contributed by atoms with van der Waals surface area (Å²) in [5, 5.41) is 12.0. The summed E-state index contributed by atoms with van der Waals surface area (Å²) in [4.78, 5) is 16.2. The van der Waals surface area contributed by atoms with Crippen LogP contribution in [-0.2, 0) is 11.3 Å². The third-order valence-electron chi connectivity index (χ3n) is 3.19. The van der Waals surface area contributed by atoms with Crippen LogP contribution in [0.3, 0.4) is 0 Å². The van der Waals surface area contributed by atoms with Gasteiger partial charge in [-0.2, -0.15) is 0 Å². The molecule has 1 aromatic carbocycles. The molecule has 0 saturated carbocycles. The third kappa shape index (κ3) is 3.12. The number of nitrogens with one attached hydrogen (secondary N) is 1. The minimum absolute atomic E-state index is 0.0475. The Hall–Kier alpha value is -1.88. The quantitative estimate of drug-likeness (QED) is 0.849.